The SMILES string of the molecule is CCCCN(c1ccc(F)cc1CNC)C1CC1. The molecule has 0 bridgehead atoms. The smallest absolute Gasteiger partial charge is 0.123 e. The summed E-state index contributed by atoms with van der Waals surface area (Å²) in [7, 11) is 1.90. The van der Waals surface area contributed by atoms with Crippen LogP contribution in [-0.2, 0) is 6.54 Å². The van der Waals surface area contributed by atoms with E-state index < -0.39 is 0 Å². The summed E-state index contributed by atoms with van der Waals surface area (Å²) in [5, 5.41) is 3.13. The van der Waals surface area contributed by atoms with Crippen molar-refractivity contribution in [3.8, 4) is 0 Å². The summed E-state index contributed by atoms with van der Waals surface area (Å²) in [5.74, 6) is -0.143. The molecule has 100 valence electrons. The maximum Gasteiger partial charge on any atom is 0.123 e. The molecular weight excluding hydrogens is 227 g/mol. The van der Waals surface area contributed by atoms with Crippen molar-refractivity contribution >= 4 is 5.69 Å². The Bertz CT molecular complexity index is 388. The zero-order valence-electron chi connectivity index (χ0n) is 11.4. The highest BCUT2D eigenvalue weighted by molar-refractivity contribution is 5.55. The van der Waals surface area contributed by atoms with Crippen molar-refractivity contribution in [2.75, 3.05) is 18.5 Å². The molecule has 1 fully saturated rings. The van der Waals surface area contributed by atoms with Gasteiger partial charge >= 0.3 is 0 Å². The predicted molar refractivity (Wildman–Crippen MR) is 74.4 cm³/mol. The molecule has 0 radical (unpaired) electrons. The fourth-order valence-corrected chi connectivity index (χ4v) is 2.38. The molecule has 1 aliphatic carbocycles. The number of halogens is 1. The quantitative estimate of drug-likeness (QED) is 0.798. The van der Waals surface area contributed by atoms with Crippen molar-refractivity contribution in [1.82, 2.24) is 5.32 Å². The van der Waals surface area contributed by atoms with Crippen LogP contribution in [0.2, 0.25) is 0 Å². The Labute approximate surface area is 109 Å². The van der Waals surface area contributed by atoms with Gasteiger partial charge in [0.1, 0.15) is 5.82 Å². The number of benzene rings is 1. The van der Waals surface area contributed by atoms with Gasteiger partial charge < -0.3 is 10.2 Å². The van der Waals surface area contributed by atoms with Gasteiger partial charge in [-0.05, 0) is 50.1 Å². The summed E-state index contributed by atoms with van der Waals surface area (Å²) in [6.45, 7) is 4.02. The molecule has 0 saturated heterocycles. The van der Waals surface area contributed by atoms with Gasteiger partial charge in [-0.25, -0.2) is 4.39 Å². The second-order valence-corrected chi connectivity index (χ2v) is 5.08. The lowest BCUT2D eigenvalue weighted by Gasteiger charge is -2.27. The Hall–Kier alpha value is -1.09. The van der Waals surface area contributed by atoms with Crippen LogP contribution in [0.3, 0.4) is 0 Å². The van der Waals surface area contributed by atoms with Crippen LogP contribution in [0.25, 0.3) is 0 Å². The van der Waals surface area contributed by atoms with Crippen molar-refractivity contribution in [1.29, 1.82) is 0 Å². The van der Waals surface area contributed by atoms with Gasteiger partial charge in [0.15, 0.2) is 0 Å². The van der Waals surface area contributed by atoms with Gasteiger partial charge in [-0.1, -0.05) is 13.3 Å². The van der Waals surface area contributed by atoms with E-state index in [-0.39, 0.29) is 5.82 Å². The van der Waals surface area contributed by atoms with Crippen molar-refractivity contribution in [2.45, 2.75) is 45.2 Å². The summed E-state index contributed by atoms with van der Waals surface area (Å²) in [6, 6.07) is 5.86. The zero-order valence-corrected chi connectivity index (χ0v) is 11.4. The Kier molecular flexibility index (Phi) is 4.59. The first-order valence-corrected chi connectivity index (χ1v) is 6.96. The van der Waals surface area contributed by atoms with E-state index in [2.05, 4.69) is 17.1 Å². The monoisotopic (exact) mass is 250 g/mol. The Balaban J connectivity index is 2.21. The summed E-state index contributed by atoms with van der Waals surface area (Å²) >= 11 is 0. The van der Waals surface area contributed by atoms with E-state index in [4.69, 9.17) is 0 Å². The van der Waals surface area contributed by atoms with Gasteiger partial charge in [0.2, 0.25) is 0 Å². The number of nitrogens with zero attached hydrogens (tertiary/aromatic N) is 1. The summed E-state index contributed by atoms with van der Waals surface area (Å²) in [4.78, 5) is 2.47. The molecule has 0 amide bonds. The average Bonchev–Trinajstić information content (AvgIpc) is 3.17. The molecule has 1 N–H and O–H groups in total. The molecule has 0 aromatic heterocycles. The lowest BCUT2D eigenvalue weighted by Crippen LogP contribution is -2.28. The van der Waals surface area contributed by atoms with Crippen LogP contribution in [-0.4, -0.2) is 19.6 Å². The second kappa shape index (κ2) is 6.19. The zero-order chi connectivity index (χ0) is 13.0. The van der Waals surface area contributed by atoms with E-state index in [1.807, 2.05) is 13.1 Å². The normalized spacial score (nSPS) is 14.8. The van der Waals surface area contributed by atoms with Gasteiger partial charge in [0.05, 0.1) is 0 Å². The first-order chi connectivity index (χ1) is 8.76. The third kappa shape index (κ3) is 3.22. The highest BCUT2D eigenvalue weighted by atomic mass is 19.1. The van der Waals surface area contributed by atoms with E-state index in [1.165, 1.54) is 31.4 Å². The van der Waals surface area contributed by atoms with Gasteiger partial charge in [-0.15, -0.1) is 0 Å². The Morgan fingerprint density at radius 3 is 2.78 bits per heavy atom. The molecule has 1 aromatic rings. The second-order valence-electron chi connectivity index (χ2n) is 5.08. The maximum atomic E-state index is 13.4. The number of rotatable bonds is 7. The van der Waals surface area contributed by atoms with Gasteiger partial charge in [0.25, 0.3) is 0 Å². The Morgan fingerprint density at radius 2 is 2.17 bits per heavy atom. The van der Waals surface area contributed by atoms with Crippen molar-refractivity contribution < 1.29 is 4.39 Å². The number of hydrogen-bond acceptors (Lipinski definition) is 2. The van der Waals surface area contributed by atoms with Gasteiger partial charge in [0, 0.05) is 24.8 Å². The summed E-state index contributed by atoms with van der Waals surface area (Å²) in [6.07, 6.45) is 4.96. The third-order valence-corrected chi connectivity index (χ3v) is 3.46. The predicted octanol–water partition coefficient (Wildman–Crippen LogP) is 3.31. The molecule has 0 spiro atoms. The first-order valence-electron chi connectivity index (χ1n) is 6.96. The lowest BCUT2D eigenvalue weighted by molar-refractivity contribution is 0.622. The Morgan fingerprint density at radius 1 is 1.39 bits per heavy atom. The molecule has 1 saturated carbocycles. The largest absolute Gasteiger partial charge is 0.368 e. The average molecular weight is 250 g/mol. The summed E-state index contributed by atoms with van der Waals surface area (Å²) in [5.41, 5.74) is 2.28. The van der Waals surface area contributed by atoms with Crippen LogP contribution in [0.4, 0.5) is 10.1 Å². The van der Waals surface area contributed by atoms with Crippen molar-refractivity contribution in [3.63, 3.8) is 0 Å². The van der Waals surface area contributed by atoms with Crippen LogP contribution >= 0.6 is 0 Å². The maximum absolute atomic E-state index is 13.4. The molecule has 0 heterocycles. The lowest BCUT2D eigenvalue weighted by atomic mass is 10.1. The molecule has 0 unspecified atom stereocenters. The standard InChI is InChI=1S/C15H23FN2/c1-3-4-9-18(14-6-7-14)15-8-5-13(16)10-12(15)11-17-2/h5,8,10,14,17H,3-4,6-7,9,11H2,1-2H3. The molecule has 2 rings (SSSR count). The number of nitrogens with one attached hydrogen (secondary N) is 1. The minimum Gasteiger partial charge on any atom is -0.368 e. The number of hydrogen-bond donors (Lipinski definition) is 1. The molecule has 0 atom stereocenters. The van der Waals surface area contributed by atoms with E-state index in [1.54, 1.807) is 12.1 Å². The minimum absolute atomic E-state index is 0.143. The molecular formula is C15H23FN2. The van der Waals surface area contributed by atoms with Crippen LogP contribution in [0, 0.1) is 5.82 Å². The van der Waals surface area contributed by atoms with E-state index in [9.17, 15) is 4.39 Å². The molecule has 3 heteroatoms. The third-order valence-electron chi connectivity index (χ3n) is 3.46. The highest BCUT2D eigenvalue weighted by Crippen LogP contribution is 2.34. The van der Waals surface area contributed by atoms with Crippen LogP contribution in [0.1, 0.15) is 38.2 Å². The van der Waals surface area contributed by atoms with Gasteiger partial charge in [-0.3, -0.25) is 0 Å². The summed E-state index contributed by atoms with van der Waals surface area (Å²) < 4.78 is 13.4. The van der Waals surface area contributed by atoms with Crippen LogP contribution < -0.4 is 10.2 Å². The molecule has 1 aliphatic rings. The fourth-order valence-electron chi connectivity index (χ4n) is 2.38. The number of unbranched alkanes of at least 4 members (excludes halogenated alkanes) is 1. The first kappa shape index (κ1) is 13.3. The van der Waals surface area contributed by atoms with Crippen molar-refractivity contribution in [2.24, 2.45) is 0 Å². The van der Waals surface area contributed by atoms with Gasteiger partial charge in [-0.2, -0.15) is 0 Å². The van der Waals surface area contributed by atoms with E-state index >= 15 is 0 Å². The fraction of sp³-hybridized carbons (Fsp3) is 0.600. The van der Waals surface area contributed by atoms with E-state index in [0.29, 0.717) is 6.04 Å². The topological polar surface area (TPSA) is 15.3 Å². The molecule has 1 aromatic carbocycles. The van der Waals surface area contributed by atoms with E-state index in [0.717, 1.165) is 18.7 Å². The van der Waals surface area contributed by atoms with Crippen LogP contribution in [0.15, 0.2) is 18.2 Å². The van der Waals surface area contributed by atoms with Crippen LogP contribution in [0.5, 0.6) is 0 Å². The minimum atomic E-state index is -0.143. The number of anilines is 1. The molecule has 2 nitrogen and oxygen atoms in total. The highest BCUT2D eigenvalue weighted by Gasteiger charge is 2.29. The van der Waals surface area contributed by atoms with Crippen molar-refractivity contribution in [3.05, 3.63) is 29.6 Å². The molecule has 18 heavy (non-hydrogen) atoms. The molecule has 0 aliphatic heterocycles.